The Hall–Kier alpha value is -1.39. The van der Waals surface area contributed by atoms with Gasteiger partial charge in [-0.1, -0.05) is 24.3 Å². The SMILES string of the molecule is CCN(C)C(=O)C1CCN(C2CCN(Cc3ccccc3C)CC2)CC1. The minimum atomic E-state index is 0.248. The first-order chi connectivity index (χ1) is 12.6. The molecule has 0 spiro atoms. The first kappa shape index (κ1) is 19.4. The Morgan fingerprint density at radius 2 is 1.73 bits per heavy atom. The van der Waals surface area contributed by atoms with Crippen LogP contribution in [-0.4, -0.2) is 66.4 Å². The number of amides is 1. The van der Waals surface area contributed by atoms with E-state index in [2.05, 4.69) is 47.9 Å². The summed E-state index contributed by atoms with van der Waals surface area (Å²) >= 11 is 0. The quantitative estimate of drug-likeness (QED) is 0.810. The molecule has 3 rings (SSSR count). The molecule has 1 amide bonds. The van der Waals surface area contributed by atoms with Crippen molar-refractivity contribution < 1.29 is 4.79 Å². The van der Waals surface area contributed by atoms with Crippen LogP contribution in [0, 0.1) is 12.8 Å². The Labute approximate surface area is 159 Å². The highest BCUT2D eigenvalue weighted by Crippen LogP contribution is 2.25. The molecule has 0 bridgehead atoms. The van der Waals surface area contributed by atoms with Crippen molar-refractivity contribution in [3.8, 4) is 0 Å². The molecule has 0 atom stereocenters. The van der Waals surface area contributed by atoms with Crippen molar-refractivity contribution in [2.75, 3.05) is 39.8 Å². The molecule has 0 aliphatic carbocycles. The van der Waals surface area contributed by atoms with Gasteiger partial charge in [0.05, 0.1) is 0 Å². The molecule has 1 aromatic rings. The minimum absolute atomic E-state index is 0.248. The van der Waals surface area contributed by atoms with Gasteiger partial charge < -0.3 is 9.80 Å². The molecule has 0 aromatic heterocycles. The molecule has 0 saturated carbocycles. The number of benzene rings is 1. The Morgan fingerprint density at radius 3 is 2.35 bits per heavy atom. The van der Waals surface area contributed by atoms with Crippen LogP contribution >= 0.6 is 0 Å². The zero-order valence-electron chi connectivity index (χ0n) is 16.8. The number of piperidine rings is 2. The van der Waals surface area contributed by atoms with Crippen LogP contribution in [0.25, 0.3) is 0 Å². The molecule has 26 heavy (non-hydrogen) atoms. The van der Waals surface area contributed by atoms with Crippen LogP contribution in [0.1, 0.15) is 43.7 Å². The third kappa shape index (κ3) is 4.66. The Morgan fingerprint density at radius 1 is 1.08 bits per heavy atom. The van der Waals surface area contributed by atoms with Crippen LogP contribution in [0.2, 0.25) is 0 Å². The topological polar surface area (TPSA) is 26.8 Å². The molecular formula is C22H35N3O. The Balaban J connectivity index is 1.43. The fourth-order valence-corrected chi connectivity index (χ4v) is 4.45. The van der Waals surface area contributed by atoms with Gasteiger partial charge in [0.15, 0.2) is 0 Å². The molecule has 2 aliphatic rings. The summed E-state index contributed by atoms with van der Waals surface area (Å²) in [5, 5.41) is 0. The van der Waals surface area contributed by atoms with Gasteiger partial charge in [0.2, 0.25) is 5.91 Å². The molecule has 1 aromatic carbocycles. The van der Waals surface area contributed by atoms with Crippen molar-refractivity contribution >= 4 is 5.91 Å². The number of rotatable bonds is 5. The molecule has 4 heteroatoms. The molecule has 2 aliphatic heterocycles. The number of hydrogen-bond acceptors (Lipinski definition) is 3. The summed E-state index contributed by atoms with van der Waals surface area (Å²) in [6, 6.07) is 9.46. The van der Waals surface area contributed by atoms with Crippen LogP contribution in [0.15, 0.2) is 24.3 Å². The highest BCUT2D eigenvalue weighted by molar-refractivity contribution is 5.78. The van der Waals surface area contributed by atoms with E-state index in [1.165, 1.54) is 37.1 Å². The summed E-state index contributed by atoms with van der Waals surface area (Å²) in [6.45, 7) is 10.7. The van der Waals surface area contributed by atoms with Gasteiger partial charge in [0.25, 0.3) is 0 Å². The van der Waals surface area contributed by atoms with E-state index in [0.717, 1.165) is 39.0 Å². The van der Waals surface area contributed by atoms with Gasteiger partial charge in [-0.15, -0.1) is 0 Å². The van der Waals surface area contributed by atoms with Gasteiger partial charge >= 0.3 is 0 Å². The van der Waals surface area contributed by atoms with E-state index < -0.39 is 0 Å². The average Bonchev–Trinajstić information content (AvgIpc) is 2.69. The molecule has 0 unspecified atom stereocenters. The molecule has 144 valence electrons. The largest absolute Gasteiger partial charge is 0.346 e. The normalized spacial score (nSPS) is 21.0. The number of nitrogens with zero attached hydrogens (tertiary/aromatic N) is 3. The maximum Gasteiger partial charge on any atom is 0.225 e. The lowest BCUT2D eigenvalue weighted by Gasteiger charge is -2.42. The van der Waals surface area contributed by atoms with Gasteiger partial charge in [0, 0.05) is 32.1 Å². The smallest absolute Gasteiger partial charge is 0.225 e. The maximum absolute atomic E-state index is 12.4. The van der Waals surface area contributed by atoms with Crippen LogP contribution in [0.4, 0.5) is 0 Å². The lowest BCUT2D eigenvalue weighted by molar-refractivity contribution is -0.135. The van der Waals surface area contributed by atoms with Crippen LogP contribution in [0.5, 0.6) is 0 Å². The van der Waals surface area contributed by atoms with Crippen LogP contribution in [-0.2, 0) is 11.3 Å². The fourth-order valence-electron chi connectivity index (χ4n) is 4.45. The zero-order chi connectivity index (χ0) is 18.5. The molecule has 4 nitrogen and oxygen atoms in total. The van der Waals surface area contributed by atoms with E-state index in [0.29, 0.717) is 11.9 Å². The van der Waals surface area contributed by atoms with Gasteiger partial charge in [-0.05, 0) is 76.8 Å². The third-order valence-electron chi connectivity index (χ3n) is 6.46. The van der Waals surface area contributed by atoms with E-state index in [-0.39, 0.29) is 5.92 Å². The fraction of sp³-hybridized carbons (Fsp3) is 0.682. The Bertz CT molecular complexity index is 587. The predicted molar refractivity (Wildman–Crippen MR) is 107 cm³/mol. The van der Waals surface area contributed by atoms with Crippen LogP contribution in [0.3, 0.4) is 0 Å². The van der Waals surface area contributed by atoms with E-state index >= 15 is 0 Å². The monoisotopic (exact) mass is 357 g/mol. The van der Waals surface area contributed by atoms with Crippen molar-refractivity contribution in [3.63, 3.8) is 0 Å². The lowest BCUT2D eigenvalue weighted by Crippen LogP contribution is -2.49. The van der Waals surface area contributed by atoms with Crippen LogP contribution < -0.4 is 0 Å². The number of likely N-dealkylation sites (tertiary alicyclic amines) is 2. The molecule has 0 radical (unpaired) electrons. The Kier molecular flexibility index (Phi) is 6.71. The van der Waals surface area contributed by atoms with Crippen molar-refractivity contribution in [2.45, 2.75) is 52.1 Å². The predicted octanol–water partition coefficient (Wildman–Crippen LogP) is 3.15. The van der Waals surface area contributed by atoms with E-state index in [9.17, 15) is 4.79 Å². The zero-order valence-corrected chi connectivity index (χ0v) is 16.8. The highest BCUT2D eigenvalue weighted by atomic mass is 16.2. The summed E-state index contributed by atoms with van der Waals surface area (Å²) in [4.78, 5) is 19.5. The molecule has 2 saturated heterocycles. The second-order valence-electron chi connectivity index (χ2n) is 8.10. The second-order valence-corrected chi connectivity index (χ2v) is 8.10. The summed E-state index contributed by atoms with van der Waals surface area (Å²) in [6.07, 6.45) is 4.60. The first-order valence-corrected chi connectivity index (χ1v) is 10.3. The standard InChI is InChI=1S/C22H35N3O/c1-4-23(3)22(26)19-9-15-25(16-10-19)21-11-13-24(14-12-21)17-20-8-6-5-7-18(20)2/h5-8,19,21H,4,9-17H2,1-3H3. The lowest BCUT2D eigenvalue weighted by atomic mass is 9.92. The average molecular weight is 358 g/mol. The number of carbonyl (C=O) groups excluding carboxylic acids is 1. The number of hydrogen-bond donors (Lipinski definition) is 0. The molecular weight excluding hydrogens is 322 g/mol. The van der Waals surface area contributed by atoms with Crippen molar-refractivity contribution in [1.82, 2.24) is 14.7 Å². The maximum atomic E-state index is 12.4. The van der Waals surface area contributed by atoms with Gasteiger partial charge in [0.1, 0.15) is 0 Å². The minimum Gasteiger partial charge on any atom is -0.346 e. The molecule has 2 fully saturated rings. The van der Waals surface area contributed by atoms with Crippen molar-refractivity contribution in [3.05, 3.63) is 35.4 Å². The van der Waals surface area contributed by atoms with E-state index in [1.54, 1.807) is 0 Å². The van der Waals surface area contributed by atoms with E-state index in [4.69, 9.17) is 0 Å². The second kappa shape index (κ2) is 9.01. The van der Waals surface area contributed by atoms with Gasteiger partial charge in [-0.2, -0.15) is 0 Å². The summed E-state index contributed by atoms with van der Waals surface area (Å²) in [5.41, 5.74) is 2.86. The van der Waals surface area contributed by atoms with Crippen molar-refractivity contribution in [2.24, 2.45) is 5.92 Å². The molecule has 2 heterocycles. The first-order valence-electron chi connectivity index (χ1n) is 10.3. The number of carbonyl (C=O) groups is 1. The highest BCUT2D eigenvalue weighted by Gasteiger charge is 2.31. The van der Waals surface area contributed by atoms with Crippen molar-refractivity contribution in [1.29, 1.82) is 0 Å². The summed E-state index contributed by atoms with van der Waals surface area (Å²) in [5.74, 6) is 0.595. The third-order valence-corrected chi connectivity index (χ3v) is 6.46. The molecule has 0 N–H and O–H groups in total. The number of aryl methyl sites for hydroxylation is 1. The summed E-state index contributed by atoms with van der Waals surface area (Å²) < 4.78 is 0. The van der Waals surface area contributed by atoms with E-state index in [1.807, 2.05) is 11.9 Å². The summed E-state index contributed by atoms with van der Waals surface area (Å²) in [7, 11) is 1.93. The van der Waals surface area contributed by atoms with Gasteiger partial charge in [-0.3, -0.25) is 9.69 Å². The van der Waals surface area contributed by atoms with Gasteiger partial charge in [-0.25, -0.2) is 0 Å².